The van der Waals surface area contributed by atoms with Gasteiger partial charge in [0.1, 0.15) is 0 Å². The molecule has 1 aromatic carbocycles. The van der Waals surface area contributed by atoms with Crippen molar-refractivity contribution in [2.45, 2.75) is 4.90 Å². The second kappa shape index (κ2) is 3.17. The number of hydrogen-bond donors (Lipinski definition) is 0. The number of hydrogen-bond acceptors (Lipinski definition) is 3. The largest absolute Gasteiger partial charge is 0.114 e. The van der Waals surface area contributed by atoms with Gasteiger partial charge >= 0.3 is 0 Å². The van der Waals surface area contributed by atoms with Crippen molar-refractivity contribution in [3.05, 3.63) is 29.8 Å². The van der Waals surface area contributed by atoms with E-state index in [-0.39, 0.29) is 0 Å². The molecule has 1 aromatic rings. The van der Waals surface area contributed by atoms with Crippen LogP contribution in [0.1, 0.15) is 5.56 Å². The zero-order chi connectivity index (χ0) is 7.68. The van der Waals surface area contributed by atoms with Crippen LogP contribution in [0.25, 0.3) is 0 Å². The van der Waals surface area contributed by atoms with Crippen LogP contribution in [0.5, 0.6) is 0 Å². The van der Waals surface area contributed by atoms with E-state index >= 15 is 0 Å². The lowest BCUT2D eigenvalue weighted by Gasteiger charge is -2.14. The summed E-state index contributed by atoms with van der Waals surface area (Å²) in [6.45, 7) is 0. The van der Waals surface area contributed by atoms with Gasteiger partial charge in [-0.25, -0.2) is 0 Å². The molecule has 0 radical (unpaired) electrons. The lowest BCUT2D eigenvalue weighted by atomic mass is 10.2. The highest BCUT2D eigenvalue weighted by molar-refractivity contribution is 8.31. The van der Waals surface area contributed by atoms with Crippen LogP contribution in [0.3, 0.4) is 0 Å². The molecule has 0 fully saturated rings. The van der Waals surface area contributed by atoms with Gasteiger partial charge in [-0.1, -0.05) is 30.4 Å². The third-order valence-electron chi connectivity index (χ3n) is 1.51. The SMILES string of the molecule is S=C1SCSc2ccccc21. The fourth-order valence-electron chi connectivity index (χ4n) is 0.985. The maximum Gasteiger partial charge on any atom is 0.0797 e. The van der Waals surface area contributed by atoms with E-state index in [4.69, 9.17) is 12.2 Å². The molecule has 0 atom stereocenters. The van der Waals surface area contributed by atoms with Crippen LogP contribution in [-0.2, 0) is 0 Å². The second-order valence-electron chi connectivity index (χ2n) is 2.19. The van der Waals surface area contributed by atoms with E-state index in [1.54, 1.807) is 11.8 Å². The highest BCUT2D eigenvalue weighted by Crippen LogP contribution is 2.35. The van der Waals surface area contributed by atoms with Crippen LogP contribution < -0.4 is 0 Å². The molecule has 1 aliphatic rings. The zero-order valence-electron chi connectivity index (χ0n) is 5.74. The Labute approximate surface area is 79.8 Å². The Hall–Kier alpha value is 0.01000. The van der Waals surface area contributed by atoms with Gasteiger partial charge in [0.05, 0.1) is 4.20 Å². The van der Waals surface area contributed by atoms with Gasteiger partial charge in [0.25, 0.3) is 0 Å². The van der Waals surface area contributed by atoms with E-state index in [2.05, 4.69) is 18.2 Å². The third kappa shape index (κ3) is 1.45. The van der Waals surface area contributed by atoms with Gasteiger partial charge < -0.3 is 0 Å². The first-order chi connectivity index (χ1) is 5.38. The minimum absolute atomic E-state index is 1.04. The second-order valence-corrected chi connectivity index (χ2v) is 5.23. The highest BCUT2D eigenvalue weighted by atomic mass is 32.2. The molecule has 3 heteroatoms. The minimum atomic E-state index is 1.04. The molecule has 0 amide bonds. The molecular weight excluding hydrogens is 192 g/mol. The Bertz CT molecular complexity index is 293. The Morgan fingerprint density at radius 3 is 2.82 bits per heavy atom. The van der Waals surface area contributed by atoms with E-state index < -0.39 is 0 Å². The maximum absolute atomic E-state index is 5.21. The Balaban J connectivity index is 2.52. The predicted octanol–water partition coefficient (Wildman–Crippen LogP) is 3.16. The molecule has 0 aliphatic carbocycles. The first-order valence-electron chi connectivity index (χ1n) is 3.27. The van der Waals surface area contributed by atoms with Crippen molar-refractivity contribution in [1.82, 2.24) is 0 Å². The maximum atomic E-state index is 5.21. The monoisotopic (exact) mass is 198 g/mol. The average Bonchev–Trinajstić information content (AvgIpc) is 2.06. The van der Waals surface area contributed by atoms with Crippen molar-refractivity contribution in [1.29, 1.82) is 0 Å². The van der Waals surface area contributed by atoms with Crippen LogP contribution in [0, 0.1) is 0 Å². The Morgan fingerprint density at radius 2 is 2.00 bits per heavy atom. The van der Waals surface area contributed by atoms with Crippen molar-refractivity contribution >= 4 is 39.9 Å². The van der Waals surface area contributed by atoms with Crippen molar-refractivity contribution in [2.24, 2.45) is 0 Å². The molecule has 0 bridgehead atoms. The van der Waals surface area contributed by atoms with Crippen LogP contribution >= 0.6 is 35.7 Å². The summed E-state index contributed by atoms with van der Waals surface area (Å²) < 4.78 is 1.04. The van der Waals surface area contributed by atoms with Crippen LogP contribution in [0.2, 0.25) is 0 Å². The van der Waals surface area contributed by atoms with Crippen LogP contribution in [-0.4, -0.2) is 9.28 Å². The number of thioether (sulfide) groups is 2. The summed E-state index contributed by atoms with van der Waals surface area (Å²) in [6, 6.07) is 8.32. The predicted molar refractivity (Wildman–Crippen MR) is 56.5 cm³/mol. The number of fused-ring (bicyclic) bond motifs is 1. The summed E-state index contributed by atoms with van der Waals surface area (Å²) in [5.41, 5.74) is 1.24. The summed E-state index contributed by atoms with van der Waals surface area (Å²) >= 11 is 8.83. The fourth-order valence-corrected chi connectivity index (χ4v) is 3.73. The van der Waals surface area contributed by atoms with Gasteiger partial charge in [-0.05, 0) is 6.07 Å². The number of benzene rings is 1. The molecule has 0 saturated carbocycles. The summed E-state index contributed by atoms with van der Waals surface area (Å²) in [7, 11) is 0. The summed E-state index contributed by atoms with van der Waals surface area (Å²) in [5, 5.41) is 1.07. The molecule has 0 N–H and O–H groups in total. The molecular formula is C8H6S3. The zero-order valence-corrected chi connectivity index (χ0v) is 8.19. The molecule has 2 rings (SSSR count). The molecule has 0 saturated heterocycles. The molecule has 1 heterocycles. The topological polar surface area (TPSA) is 0 Å². The van der Waals surface area contributed by atoms with E-state index in [9.17, 15) is 0 Å². The van der Waals surface area contributed by atoms with Crippen LogP contribution in [0.4, 0.5) is 0 Å². The summed E-state index contributed by atoms with van der Waals surface area (Å²) in [4.78, 5) is 1.33. The molecule has 0 unspecified atom stereocenters. The summed E-state index contributed by atoms with van der Waals surface area (Å²) in [6.07, 6.45) is 0. The summed E-state index contributed by atoms with van der Waals surface area (Å²) in [5.74, 6) is 0. The van der Waals surface area contributed by atoms with Gasteiger partial charge in [0.15, 0.2) is 0 Å². The van der Waals surface area contributed by atoms with Gasteiger partial charge in [0.2, 0.25) is 0 Å². The number of rotatable bonds is 0. The molecule has 1 aliphatic heterocycles. The first-order valence-corrected chi connectivity index (χ1v) is 5.65. The fraction of sp³-hybridized carbons (Fsp3) is 0.125. The molecule has 56 valence electrons. The average molecular weight is 198 g/mol. The Morgan fingerprint density at radius 1 is 1.18 bits per heavy atom. The van der Waals surface area contributed by atoms with Crippen molar-refractivity contribution in [3.8, 4) is 0 Å². The standard InChI is InChI=1S/C8H6S3/c9-8-6-3-1-2-4-7(6)10-5-11-8/h1-4H,5H2. The molecule has 11 heavy (non-hydrogen) atoms. The van der Waals surface area contributed by atoms with Gasteiger partial charge in [0, 0.05) is 15.5 Å². The normalized spacial score (nSPS) is 16.2. The minimum Gasteiger partial charge on any atom is -0.114 e. The van der Waals surface area contributed by atoms with Crippen molar-refractivity contribution in [3.63, 3.8) is 0 Å². The highest BCUT2D eigenvalue weighted by Gasteiger charge is 2.13. The van der Waals surface area contributed by atoms with Gasteiger partial charge in [-0.15, -0.1) is 23.5 Å². The molecule has 0 aromatic heterocycles. The van der Waals surface area contributed by atoms with E-state index in [0.717, 1.165) is 9.28 Å². The van der Waals surface area contributed by atoms with Gasteiger partial charge in [-0.3, -0.25) is 0 Å². The quantitative estimate of drug-likeness (QED) is 0.588. The molecule has 0 nitrogen and oxygen atoms in total. The van der Waals surface area contributed by atoms with E-state index in [1.807, 2.05) is 17.8 Å². The first kappa shape index (κ1) is 7.65. The van der Waals surface area contributed by atoms with Gasteiger partial charge in [-0.2, -0.15) is 0 Å². The lowest BCUT2D eigenvalue weighted by Crippen LogP contribution is -1.99. The van der Waals surface area contributed by atoms with Crippen LogP contribution in [0.15, 0.2) is 29.2 Å². The van der Waals surface area contributed by atoms with E-state index in [1.165, 1.54) is 10.5 Å². The van der Waals surface area contributed by atoms with Crippen molar-refractivity contribution < 1.29 is 0 Å². The lowest BCUT2D eigenvalue weighted by molar-refractivity contribution is 1.44. The van der Waals surface area contributed by atoms with Crippen molar-refractivity contribution in [2.75, 3.05) is 5.08 Å². The Kier molecular flexibility index (Phi) is 2.20. The molecule has 0 spiro atoms. The van der Waals surface area contributed by atoms with E-state index in [0.29, 0.717) is 0 Å². The third-order valence-corrected chi connectivity index (χ3v) is 4.18. The number of thiocarbonyl (C=S) groups is 1. The smallest absolute Gasteiger partial charge is 0.0797 e.